The SMILES string of the molecule is Cc1ccc(C(=O)CCC(=O)NCCN2C(=O)S/C(=C\c3ccc(F)cc3)C2=O)s1. The predicted octanol–water partition coefficient (Wildman–Crippen LogP) is 4.01. The number of nitrogens with one attached hydrogen (secondary N) is 1. The number of halogens is 1. The summed E-state index contributed by atoms with van der Waals surface area (Å²) in [5, 5.41) is 2.20. The Labute approximate surface area is 181 Å². The predicted molar refractivity (Wildman–Crippen MR) is 115 cm³/mol. The summed E-state index contributed by atoms with van der Waals surface area (Å²) in [6.45, 7) is 2.05. The zero-order valence-corrected chi connectivity index (χ0v) is 17.8. The van der Waals surface area contributed by atoms with Gasteiger partial charge in [0.15, 0.2) is 5.78 Å². The van der Waals surface area contributed by atoms with Crippen LogP contribution in [0.5, 0.6) is 0 Å². The van der Waals surface area contributed by atoms with Gasteiger partial charge in [0.2, 0.25) is 5.91 Å². The van der Waals surface area contributed by atoms with Crippen LogP contribution in [0.15, 0.2) is 41.3 Å². The summed E-state index contributed by atoms with van der Waals surface area (Å²) in [5.74, 6) is -1.24. The first-order valence-electron chi connectivity index (χ1n) is 9.21. The van der Waals surface area contributed by atoms with E-state index in [4.69, 9.17) is 0 Å². The topological polar surface area (TPSA) is 83.6 Å². The molecule has 0 unspecified atom stereocenters. The lowest BCUT2D eigenvalue weighted by molar-refractivity contribution is -0.124. The van der Waals surface area contributed by atoms with Crippen LogP contribution in [-0.2, 0) is 9.59 Å². The first kappa shape index (κ1) is 21.9. The second kappa shape index (κ2) is 9.82. The molecule has 9 heteroatoms. The van der Waals surface area contributed by atoms with Crippen LogP contribution < -0.4 is 5.32 Å². The number of nitrogens with zero attached hydrogens (tertiary/aromatic N) is 1. The van der Waals surface area contributed by atoms with Crippen LogP contribution in [0.4, 0.5) is 9.18 Å². The van der Waals surface area contributed by atoms with Crippen LogP contribution in [0.25, 0.3) is 6.08 Å². The monoisotopic (exact) mass is 446 g/mol. The lowest BCUT2D eigenvalue weighted by atomic mass is 10.2. The number of aryl methyl sites for hydroxylation is 1. The third-order valence-electron chi connectivity index (χ3n) is 4.29. The van der Waals surface area contributed by atoms with Crippen molar-refractivity contribution in [3.8, 4) is 0 Å². The van der Waals surface area contributed by atoms with Gasteiger partial charge in [0.1, 0.15) is 5.82 Å². The van der Waals surface area contributed by atoms with Gasteiger partial charge in [-0.3, -0.25) is 24.1 Å². The number of amides is 3. The minimum Gasteiger partial charge on any atom is -0.354 e. The number of Topliss-reactive ketones (excluding diaryl/α,β-unsaturated/α-hetero) is 1. The summed E-state index contributed by atoms with van der Waals surface area (Å²) in [5.41, 5.74) is 0.612. The molecule has 0 bridgehead atoms. The van der Waals surface area contributed by atoms with Crippen molar-refractivity contribution in [3.63, 3.8) is 0 Å². The molecule has 1 aliphatic heterocycles. The Morgan fingerprint density at radius 2 is 1.83 bits per heavy atom. The number of benzene rings is 1. The van der Waals surface area contributed by atoms with Gasteiger partial charge in [-0.05, 0) is 54.6 Å². The summed E-state index contributed by atoms with van der Waals surface area (Å²) in [4.78, 5) is 51.5. The molecule has 3 rings (SSSR count). The third-order valence-corrected chi connectivity index (χ3v) is 6.24. The van der Waals surface area contributed by atoms with Crippen molar-refractivity contribution in [1.82, 2.24) is 10.2 Å². The zero-order valence-electron chi connectivity index (χ0n) is 16.1. The van der Waals surface area contributed by atoms with Gasteiger partial charge in [-0.15, -0.1) is 11.3 Å². The summed E-state index contributed by atoms with van der Waals surface area (Å²) in [7, 11) is 0. The van der Waals surface area contributed by atoms with Crippen LogP contribution in [-0.4, -0.2) is 40.8 Å². The molecule has 1 aromatic carbocycles. The Kier molecular flexibility index (Phi) is 7.17. The minimum absolute atomic E-state index is 0.0369. The fourth-order valence-electron chi connectivity index (χ4n) is 2.73. The van der Waals surface area contributed by atoms with E-state index >= 15 is 0 Å². The van der Waals surface area contributed by atoms with E-state index in [0.717, 1.165) is 21.5 Å². The van der Waals surface area contributed by atoms with E-state index in [1.807, 2.05) is 13.0 Å². The first-order valence-corrected chi connectivity index (χ1v) is 10.8. The van der Waals surface area contributed by atoms with Gasteiger partial charge in [-0.25, -0.2) is 4.39 Å². The highest BCUT2D eigenvalue weighted by Gasteiger charge is 2.34. The average Bonchev–Trinajstić information content (AvgIpc) is 3.26. The maximum atomic E-state index is 13.0. The average molecular weight is 447 g/mol. The van der Waals surface area contributed by atoms with Crippen LogP contribution >= 0.6 is 23.1 Å². The van der Waals surface area contributed by atoms with Gasteiger partial charge in [0.05, 0.1) is 9.78 Å². The van der Waals surface area contributed by atoms with E-state index in [0.29, 0.717) is 10.4 Å². The van der Waals surface area contributed by atoms with E-state index in [1.165, 1.54) is 41.7 Å². The minimum atomic E-state index is -0.452. The molecule has 1 N–H and O–H groups in total. The molecule has 2 heterocycles. The molecular weight excluding hydrogens is 427 g/mol. The fraction of sp³-hybridized carbons (Fsp3) is 0.238. The number of carbonyl (C=O) groups excluding carboxylic acids is 4. The molecule has 1 saturated heterocycles. The Balaban J connectivity index is 1.45. The van der Waals surface area contributed by atoms with Crippen LogP contribution in [0.1, 0.15) is 33.0 Å². The molecule has 1 aliphatic rings. The van der Waals surface area contributed by atoms with Crippen LogP contribution in [0.3, 0.4) is 0 Å². The van der Waals surface area contributed by atoms with Crippen molar-refractivity contribution in [2.75, 3.05) is 13.1 Å². The Hall–Kier alpha value is -2.78. The second-order valence-corrected chi connectivity index (χ2v) is 8.85. The number of ketones is 1. The lowest BCUT2D eigenvalue weighted by Crippen LogP contribution is -2.37. The number of hydrogen-bond acceptors (Lipinski definition) is 6. The maximum absolute atomic E-state index is 13.0. The lowest BCUT2D eigenvalue weighted by Gasteiger charge is -2.12. The normalized spacial score (nSPS) is 15.1. The van der Waals surface area contributed by atoms with E-state index < -0.39 is 11.1 Å². The molecule has 0 atom stereocenters. The van der Waals surface area contributed by atoms with Gasteiger partial charge in [-0.2, -0.15) is 0 Å². The number of carbonyl (C=O) groups is 4. The molecule has 0 spiro atoms. The standard InChI is InChI=1S/C21H19FN2O4S2/c1-13-2-8-17(29-13)16(25)7-9-19(26)23-10-11-24-20(27)18(30-21(24)28)12-14-3-5-15(22)6-4-14/h2-6,8,12H,7,9-11H2,1H3,(H,23,26)/b18-12-. The van der Waals surface area contributed by atoms with Crippen molar-refractivity contribution in [2.45, 2.75) is 19.8 Å². The largest absolute Gasteiger partial charge is 0.354 e. The third kappa shape index (κ3) is 5.64. The fourth-order valence-corrected chi connectivity index (χ4v) is 4.43. The molecule has 0 saturated carbocycles. The molecule has 3 amide bonds. The maximum Gasteiger partial charge on any atom is 0.293 e. The summed E-state index contributed by atoms with van der Waals surface area (Å²) in [6.07, 6.45) is 1.68. The molecule has 0 aliphatic carbocycles. The number of thioether (sulfide) groups is 1. The smallest absolute Gasteiger partial charge is 0.293 e. The van der Waals surface area contributed by atoms with E-state index in [-0.39, 0.29) is 48.3 Å². The molecule has 6 nitrogen and oxygen atoms in total. The number of rotatable bonds is 8. The highest BCUT2D eigenvalue weighted by molar-refractivity contribution is 8.18. The molecule has 1 aromatic heterocycles. The number of hydrogen-bond donors (Lipinski definition) is 1. The quantitative estimate of drug-likeness (QED) is 0.489. The van der Waals surface area contributed by atoms with Crippen LogP contribution in [0, 0.1) is 12.7 Å². The molecule has 0 radical (unpaired) electrons. The van der Waals surface area contributed by atoms with Crippen molar-refractivity contribution in [3.05, 3.63) is 62.4 Å². The van der Waals surface area contributed by atoms with Crippen molar-refractivity contribution < 1.29 is 23.6 Å². The van der Waals surface area contributed by atoms with Crippen LogP contribution in [0.2, 0.25) is 0 Å². The van der Waals surface area contributed by atoms with Gasteiger partial charge in [-0.1, -0.05) is 12.1 Å². The Bertz CT molecular complexity index is 1010. The summed E-state index contributed by atoms with van der Waals surface area (Å²) >= 11 is 2.20. The summed E-state index contributed by atoms with van der Waals surface area (Å²) in [6, 6.07) is 9.19. The van der Waals surface area contributed by atoms with Crippen molar-refractivity contribution in [2.24, 2.45) is 0 Å². The molecule has 1 fully saturated rings. The summed E-state index contributed by atoms with van der Waals surface area (Å²) < 4.78 is 13.0. The molecular formula is C21H19FN2O4S2. The number of thiophene rings is 1. The van der Waals surface area contributed by atoms with Gasteiger partial charge < -0.3 is 5.32 Å². The van der Waals surface area contributed by atoms with Crippen molar-refractivity contribution >= 4 is 52.0 Å². The second-order valence-electron chi connectivity index (χ2n) is 6.57. The van der Waals surface area contributed by atoms with Gasteiger partial charge >= 0.3 is 0 Å². The highest BCUT2D eigenvalue weighted by Crippen LogP contribution is 2.31. The Morgan fingerprint density at radius 3 is 2.50 bits per heavy atom. The first-order chi connectivity index (χ1) is 14.3. The van der Waals surface area contributed by atoms with Gasteiger partial charge in [0, 0.05) is 30.8 Å². The van der Waals surface area contributed by atoms with E-state index in [1.54, 1.807) is 6.07 Å². The number of imide groups is 1. The zero-order chi connectivity index (χ0) is 21.7. The van der Waals surface area contributed by atoms with E-state index in [9.17, 15) is 23.6 Å². The molecule has 156 valence electrons. The van der Waals surface area contributed by atoms with Crippen molar-refractivity contribution in [1.29, 1.82) is 0 Å². The molecule has 2 aromatic rings. The highest BCUT2D eigenvalue weighted by atomic mass is 32.2. The Morgan fingerprint density at radius 1 is 1.10 bits per heavy atom. The van der Waals surface area contributed by atoms with Gasteiger partial charge in [0.25, 0.3) is 11.1 Å². The van der Waals surface area contributed by atoms with E-state index in [2.05, 4.69) is 5.32 Å². The molecule has 30 heavy (non-hydrogen) atoms.